The predicted octanol–water partition coefficient (Wildman–Crippen LogP) is 8.59. The highest BCUT2D eigenvalue weighted by atomic mass is 15.2. The summed E-state index contributed by atoms with van der Waals surface area (Å²) < 4.78 is 2.22. The lowest BCUT2D eigenvalue weighted by atomic mass is 9.90. The van der Waals surface area contributed by atoms with E-state index in [0.717, 1.165) is 5.52 Å². The van der Waals surface area contributed by atoms with Crippen LogP contribution in [0.15, 0.2) is 91.0 Å². The molecule has 0 radical (unpaired) electrons. The smallest absolute Gasteiger partial charge is 0.102 e. The van der Waals surface area contributed by atoms with Gasteiger partial charge in [0.15, 0.2) is 0 Å². The molecule has 34 heavy (non-hydrogen) atoms. The van der Waals surface area contributed by atoms with E-state index in [4.69, 9.17) is 5.10 Å². The van der Waals surface area contributed by atoms with Crippen LogP contribution in [0.25, 0.3) is 81.2 Å². The van der Waals surface area contributed by atoms with Gasteiger partial charge in [0.25, 0.3) is 0 Å². The maximum Gasteiger partial charge on any atom is 0.102 e. The van der Waals surface area contributed by atoms with E-state index < -0.39 is 0 Å². The number of pyridine rings is 1. The molecular formula is C32H18N2. The summed E-state index contributed by atoms with van der Waals surface area (Å²) >= 11 is 0. The standard InChI is InChI=1S/C32H18N2/c1-17-20-7-4-5-9-25(20)31-30-21(17)12-13-26-24-11-10-19-16-18-6-2-3-8-22(18)23-14-15-27(29(24)28(19)23)34(33-31)32(26)30/h2-16H,1H3. The van der Waals surface area contributed by atoms with Gasteiger partial charge in [-0.3, -0.25) is 0 Å². The summed E-state index contributed by atoms with van der Waals surface area (Å²) in [6.07, 6.45) is 0. The minimum atomic E-state index is 1.10. The Morgan fingerprint density at radius 2 is 1.24 bits per heavy atom. The van der Waals surface area contributed by atoms with Gasteiger partial charge in [-0.15, -0.1) is 0 Å². The van der Waals surface area contributed by atoms with E-state index in [1.165, 1.54) is 81.2 Å². The maximum absolute atomic E-state index is 5.29. The molecule has 7 aromatic carbocycles. The van der Waals surface area contributed by atoms with Crippen molar-refractivity contribution >= 4 is 81.2 Å². The number of rotatable bonds is 0. The summed E-state index contributed by atoms with van der Waals surface area (Å²) in [5, 5.41) is 20.8. The molecule has 0 aliphatic heterocycles. The monoisotopic (exact) mass is 430 g/mol. The lowest BCUT2D eigenvalue weighted by molar-refractivity contribution is 1.04. The molecule has 0 bridgehead atoms. The third kappa shape index (κ3) is 1.78. The van der Waals surface area contributed by atoms with Crippen LogP contribution in [0.3, 0.4) is 0 Å². The average Bonchev–Trinajstić information content (AvgIpc) is 3.29. The van der Waals surface area contributed by atoms with Crippen molar-refractivity contribution in [3.63, 3.8) is 0 Å². The average molecular weight is 431 g/mol. The van der Waals surface area contributed by atoms with Crippen LogP contribution in [0.5, 0.6) is 0 Å². The van der Waals surface area contributed by atoms with Gasteiger partial charge >= 0.3 is 0 Å². The van der Waals surface area contributed by atoms with Gasteiger partial charge < -0.3 is 0 Å². The van der Waals surface area contributed by atoms with Crippen LogP contribution >= 0.6 is 0 Å². The molecule has 156 valence electrons. The number of benzene rings is 7. The molecule has 9 rings (SSSR count). The van der Waals surface area contributed by atoms with Gasteiger partial charge in [-0.2, -0.15) is 5.10 Å². The Hall–Kier alpha value is -4.43. The van der Waals surface area contributed by atoms with Crippen LogP contribution in [0.4, 0.5) is 0 Å². The van der Waals surface area contributed by atoms with Gasteiger partial charge in [0, 0.05) is 21.5 Å². The first-order valence-electron chi connectivity index (χ1n) is 11.8. The highest BCUT2D eigenvalue weighted by Crippen LogP contribution is 2.45. The Bertz CT molecular complexity index is 2280. The number of aromatic nitrogens is 2. The van der Waals surface area contributed by atoms with E-state index >= 15 is 0 Å². The van der Waals surface area contributed by atoms with Crippen LogP contribution in [0, 0.1) is 6.92 Å². The molecule has 9 aromatic rings. The second kappa shape index (κ2) is 5.55. The Balaban J connectivity index is 1.63. The third-order valence-corrected chi connectivity index (χ3v) is 8.07. The lowest BCUT2D eigenvalue weighted by Crippen LogP contribution is -1.95. The molecule has 2 nitrogen and oxygen atoms in total. The fourth-order valence-electron chi connectivity index (χ4n) is 6.59. The summed E-state index contributed by atoms with van der Waals surface area (Å²) in [5.41, 5.74) is 4.84. The quantitative estimate of drug-likeness (QED) is 0.174. The molecule has 0 atom stereocenters. The van der Waals surface area contributed by atoms with Crippen molar-refractivity contribution in [2.24, 2.45) is 0 Å². The van der Waals surface area contributed by atoms with E-state index in [2.05, 4.69) is 102 Å². The molecule has 2 aromatic heterocycles. The van der Waals surface area contributed by atoms with Gasteiger partial charge in [0.05, 0.1) is 11.0 Å². The number of hydrogen-bond acceptors (Lipinski definition) is 1. The molecule has 0 aliphatic carbocycles. The van der Waals surface area contributed by atoms with Crippen molar-refractivity contribution in [3.05, 3.63) is 96.6 Å². The van der Waals surface area contributed by atoms with Crippen molar-refractivity contribution in [1.82, 2.24) is 9.61 Å². The van der Waals surface area contributed by atoms with Crippen LogP contribution in [-0.2, 0) is 0 Å². The van der Waals surface area contributed by atoms with Gasteiger partial charge in [-0.25, -0.2) is 4.52 Å². The summed E-state index contributed by atoms with van der Waals surface area (Å²) in [7, 11) is 0. The molecule has 2 heterocycles. The highest BCUT2D eigenvalue weighted by molar-refractivity contribution is 6.35. The summed E-state index contributed by atoms with van der Waals surface area (Å²) in [6.45, 7) is 2.24. The van der Waals surface area contributed by atoms with Crippen molar-refractivity contribution < 1.29 is 0 Å². The molecule has 0 fully saturated rings. The molecule has 0 amide bonds. The largest absolute Gasteiger partial charge is 0.231 e. The Morgan fingerprint density at radius 3 is 2.15 bits per heavy atom. The molecule has 2 heteroatoms. The van der Waals surface area contributed by atoms with Crippen molar-refractivity contribution in [3.8, 4) is 0 Å². The van der Waals surface area contributed by atoms with Gasteiger partial charge in [-0.05, 0) is 67.7 Å². The minimum absolute atomic E-state index is 1.10. The molecule has 0 aliphatic rings. The number of nitrogens with zero attached hydrogens (tertiary/aromatic N) is 2. The van der Waals surface area contributed by atoms with Crippen LogP contribution in [0.1, 0.15) is 5.56 Å². The van der Waals surface area contributed by atoms with Gasteiger partial charge in [0.1, 0.15) is 5.52 Å². The van der Waals surface area contributed by atoms with Gasteiger partial charge in [0.2, 0.25) is 0 Å². The number of hydrogen-bond donors (Lipinski definition) is 0. The van der Waals surface area contributed by atoms with Crippen molar-refractivity contribution in [2.75, 3.05) is 0 Å². The van der Waals surface area contributed by atoms with E-state index in [0.29, 0.717) is 0 Å². The first kappa shape index (κ1) is 17.1. The molecule has 0 unspecified atom stereocenters. The summed E-state index contributed by atoms with van der Waals surface area (Å²) in [4.78, 5) is 0. The van der Waals surface area contributed by atoms with Crippen molar-refractivity contribution in [1.29, 1.82) is 0 Å². The molecule has 0 saturated carbocycles. The fourth-order valence-corrected chi connectivity index (χ4v) is 6.59. The van der Waals surface area contributed by atoms with Crippen molar-refractivity contribution in [2.45, 2.75) is 6.92 Å². The van der Waals surface area contributed by atoms with Gasteiger partial charge in [-0.1, -0.05) is 78.9 Å². The zero-order valence-corrected chi connectivity index (χ0v) is 18.6. The molecule has 0 N–H and O–H groups in total. The van der Waals surface area contributed by atoms with E-state index in [-0.39, 0.29) is 0 Å². The SMILES string of the molecule is Cc1c2ccccc2c2nn3c4ccc5c6ccccc6cc6ccc(c7ccc1c2c73)c4c65. The molecular weight excluding hydrogens is 412 g/mol. The summed E-state index contributed by atoms with van der Waals surface area (Å²) in [5.74, 6) is 0. The fraction of sp³-hybridized carbons (Fsp3) is 0.0312. The number of aryl methyl sites for hydroxylation is 1. The van der Waals surface area contributed by atoms with Crippen LogP contribution in [0.2, 0.25) is 0 Å². The maximum atomic E-state index is 5.29. The predicted molar refractivity (Wildman–Crippen MR) is 145 cm³/mol. The van der Waals surface area contributed by atoms with E-state index in [1.54, 1.807) is 0 Å². The Kier molecular flexibility index (Phi) is 2.79. The topological polar surface area (TPSA) is 17.3 Å². The zero-order valence-electron chi connectivity index (χ0n) is 18.6. The second-order valence-corrected chi connectivity index (χ2v) is 9.63. The normalized spacial score (nSPS) is 12.9. The zero-order chi connectivity index (χ0) is 22.1. The van der Waals surface area contributed by atoms with E-state index in [1.807, 2.05) is 0 Å². The lowest BCUT2D eigenvalue weighted by Gasteiger charge is -2.16. The Morgan fingerprint density at radius 1 is 0.529 bits per heavy atom. The molecule has 0 saturated heterocycles. The molecule has 0 spiro atoms. The van der Waals surface area contributed by atoms with Crippen LogP contribution in [-0.4, -0.2) is 9.61 Å². The summed E-state index contributed by atoms with van der Waals surface area (Å²) in [6, 6.07) is 33.5. The first-order valence-corrected chi connectivity index (χ1v) is 11.8. The first-order chi connectivity index (χ1) is 16.8. The number of fused-ring (bicyclic) bond motifs is 6. The second-order valence-electron chi connectivity index (χ2n) is 9.63. The third-order valence-electron chi connectivity index (χ3n) is 8.07. The highest BCUT2D eigenvalue weighted by Gasteiger charge is 2.22. The van der Waals surface area contributed by atoms with Crippen LogP contribution < -0.4 is 0 Å². The minimum Gasteiger partial charge on any atom is -0.231 e. The van der Waals surface area contributed by atoms with E-state index in [9.17, 15) is 0 Å². The Labute approximate surface area is 194 Å².